The van der Waals surface area contributed by atoms with Crippen molar-refractivity contribution in [2.24, 2.45) is 5.92 Å². The third kappa shape index (κ3) is 5.81. The molecule has 1 aromatic carbocycles. The largest absolute Gasteiger partial charge is 0.496 e. The predicted molar refractivity (Wildman–Crippen MR) is 136 cm³/mol. The number of aliphatic hydroxyl groups is 1. The van der Waals surface area contributed by atoms with E-state index in [1.807, 2.05) is 19.1 Å². The number of fused-ring (bicyclic) bond motifs is 1. The average molecular weight is 486 g/mol. The van der Waals surface area contributed by atoms with Gasteiger partial charge in [-0.25, -0.2) is 4.98 Å². The maximum atomic E-state index is 12.2. The molecule has 1 saturated heterocycles. The number of nitrogens with zero attached hydrogens (tertiary/aromatic N) is 2. The van der Waals surface area contributed by atoms with E-state index in [-0.39, 0.29) is 11.9 Å². The van der Waals surface area contributed by atoms with Crippen molar-refractivity contribution in [3.05, 3.63) is 23.8 Å². The van der Waals surface area contributed by atoms with E-state index in [2.05, 4.69) is 16.3 Å². The van der Waals surface area contributed by atoms with Gasteiger partial charge in [-0.2, -0.15) is 0 Å². The molecular weight excluding hydrogens is 446 g/mol. The second-order valence-electron chi connectivity index (χ2n) is 9.74. The maximum Gasteiger partial charge on any atom is 0.309 e. The summed E-state index contributed by atoms with van der Waals surface area (Å²) in [5, 5.41) is 15.3. The minimum absolute atomic E-state index is 0.0663. The van der Waals surface area contributed by atoms with Crippen LogP contribution in [0.25, 0.3) is 10.9 Å². The lowest BCUT2D eigenvalue weighted by Crippen LogP contribution is -2.42. The molecule has 1 saturated carbocycles. The molecule has 2 heterocycles. The fraction of sp³-hybridized carbons (Fsp3) is 0.630. The molecule has 4 rings (SSSR count). The fourth-order valence-corrected chi connectivity index (χ4v) is 5.39. The zero-order chi connectivity index (χ0) is 24.8. The van der Waals surface area contributed by atoms with Crippen LogP contribution in [-0.4, -0.2) is 62.1 Å². The Morgan fingerprint density at radius 3 is 2.49 bits per heavy atom. The molecule has 2 N–H and O–H groups in total. The normalized spacial score (nSPS) is 18.5. The number of pyridine rings is 1. The number of aromatic nitrogens is 1. The molecule has 35 heavy (non-hydrogen) atoms. The van der Waals surface area contributed by atoms with E-state index in [9.17, 15) is 9.90 Å². The van der Waals surface area contributed by atoms with Crippen LogP contribution >= 0.6 is 0 Å². The number of ether oxygens (including phenoxy) is 3. The van der Waals surface area contributed by atoms with Gasteiger partial charge in [0.15, 0.2) is 0 Å². The van der Waals surface area contributed by atoms with Crippen LogP contribution in [0.1, 0.15) is 57.4 Å². The molecule has 0 amide bonds. The van der Waals surface area contributed by atoms with Crippen LogP contribution in [-0.2, 0) is 16.1 Å². The van der Waals surface area contributed by atoms with Crippen molar-refractivity contribution in [3.63, 3.8) is 0 Å². The molecule has 0 radical (unpaired) electrons. The third-order valence-corrected chi connectivity index (χ3v) is 7.37. The minimum atomic E-state index is -0.637. The van der Waals surface area contributed by atoms with Crippen molar-refractivity contribution < 1.29 is 24.1 Å². The number of rotatable bonds is 9. The van der Waals surface area contributed by atoms with Crippen molar-refractivity contribution in [2.45, 2.75) is 64.0 Å². The fourth-order valence-electron chi connectivity index (χ4n) is 5.39. The lowest BCUT2D eigenvalue weighted by Gasteiger charge is -2.34. The molecule has 192 valence electrons. The molecule has 8 heteroatoms. The highest BCUT2D eigenvalue weighted by Crippen LogP contribution is 2.36. The summed E-state index contributed by atoms with van der Waals surface area (Å²) < 4.78 is 16.5. The predicted octanol–water partition coefficient (Wildman–Crippen LogP) is 3.82. The van der Waals surface area contributed by atoms with E-state index in [0.717, 1.165) is 79.6 Å². The Balaban J connectivity index is 1.61. The van der Waals surface area contributed by atoms with Gasteiger partial charge in [-0.1, -0.05) is 19.3 Å². The molecule has 0 atom stereocenters. The van der Waals surface area contributed by atoms with Crippen LogP contribution in [0.15, 0.2) is 18.2 Å². The van der Waals surface area contributed by atoms with Gasteiger partial charge < -0.3 is 29.5 Å². The molecule has 1 aliphatic carbocycles. The number of benzene rings is 1. The monoisotopic (exact) mass is 485 g/mol. The molecule has 2 fully saturated rings. The number of methoxy groups -OCH3 is 2. The number of carbonyl (C=O) groups excluding carboxylic acids is 1. The Morgan fingerprint density at radius 2 is 1.83 bits per heavy atom. The van der Waals surface area contributed by atoms with Gasteiger partial charge in [-0.3, -0.25) is 4.79 Å². The van der Waals surface area contributed by atoms with Crippen molar-refractivity contribution in [2.75, 3.05) is 45.4 Å². The van der Waals surface area contributed by atoms with Crippen LogP contribution in [0.3, 0.4) is 0 Å². The highest BCUT2D eigenvalue weighted by atomic mass is 16.5. The number of piperidine rings is 1. The number of esters is 1. The second-order valence-corrected chi connectivity index (χ2v) is 9.74. The number of anilines is 1. The first-order valence-electron chi connectivity index (χ1n) is 12.9. The van der Waals surface area contributed by atoms with Gasteiger partial charge in [0.2, 0.25) is 0 Å². The quantitative estimate of drug-likeness (QED) is 0.518. The molecule has 1 aromatic heterocycles. The summed E-state index contributed by atoms with van der Waals surface area (Å²) in [6, 6.07) is 5.89. The number of nitrogens with one attached hydrogen (secondary N) is 1. The Labute approximate surface area is 207 Å². The van der Waals surface area contributed by atoms with Crippen molar-refractivity contribution in [3.8, 4) is 11.5 Å². The van der Waals surface area contributed by atoms with E-state index < -0.39 is 5.60 Å². The van der Waals surface area contributed by atoms with E-state index >= 15 is 0 Å². The lowest BCUT2D eigenvalue weighted by molar-refractivity contribution is -0.148. The Morgan fingerprint density at radius 1 is 1.14 bits per heavy atom. The van der Waals surface area contributed by atoms with E-state index in [1.165, 1.54) is 6.42 Å². The molecule has 2 aromatic rings. The maximum absolute atomic E-state index is 12.2. The first-order chi connectivity index (χ1) is 17.0. The average Bonchev–Trinajstić information content (AvgIpc) is 2.88. The van der Waals surface area contributed by atoms with Gasteiger partial charge in [0.05, 0.1) is 32.3 Å². The van der Waals surface area contributed by atoms with Crippen molar-refractivity contribution >= 4 is 22.7 Å². The van der Waals surface area contributed by atoms with Crippen LogP contribution < -0.4 is 19.7 Å². The molecular formula is C27H39N3O5. The standard InChI is InChI=1S/C27H39N3O5/c1-4-35-26(31)19-10-14-30(15-11-19)25-20(17-28-18-27(32)12-6-5-7-13-27)16-21-22(33-2)8-9-23(34-3)24(21)29-25/h8-9,16,19,28,32H,4-7,10-15,17-18H2,1-3H3. The summed E-state index contributed by atoms with van der Waals surface area (Å²) in [5.74, 6) is 2.15. The Kier molecular flexibility index (Phi) is 8.34. The Hall–Kier alpha value is -2.58. The molecule has 0 bridgehead atoms. The van der Waals surface area contributed by atoms with Crippen LogP contribution in [0.5, 0.6) is 11.5 Å². The van der Waals surface area contributed by atoms with E-state index in [4.69, 9.17) is 19.2 Å². The topological polar surface area (TPSA) is 93.2 Å². The van der Waals surface area contributed by atoms with Gasteiger partial charge in [-0.15, -0.1) is 0 Å². The van der Waals surface area contributed by atoms with Gasteiger partial charge in [0.1, 0.15) is 22.8 Å². The molecule has 8 nitrogen and oxygen atoms in total. The minimum Gasteiger partial charge on any atom is -0.496 e. The summed E-state index contributed by atoms with van der Waals surface area (Å²) in [4.78, 5) is 19.6. The highest BCUT2D eigenvalue weighted by Gasteiger charge is 2.30. The summed E-state index contributed by atoms with van der Waals surface area (Å²) in [6.07, 6.45) is 6.51. The van der Waals surface area contributed by atoms with Crippen LogP contribution in [0.2, 0.25) is 0 Å². The van der Waals surface area contributed by atoms with Crippen LogP contribution in [0, 0.1) is 5.92 Å². The second kappa shape index (κ2) is 11.4. The number of hydrogen-bond acceptors (Lipinski definition) is 8. The molecule has 2 aliphatic rings. The summed E-state index contributed by atoms with van der Waals surface area (Å²) in [6.45, 7) is 4.85. The van der Waals surface area contributed by atoms with Crippen molar-refractivity contribution in [1.29, 1.82) is 0 Å². The van der Waals surface area contributed by atoms with Gasteiger partial charge >= 0.3 is 5.97 Å². The van der Waals surface area contributed by atoms with E-state index in [0.29, 0.717) is 25.4 Å². The highest BCUT2D eigenvalue weighted by molar-refractivity contribution is 5.92. The lowest BCUT2D eigenvalue weighted by atomic mass is 9.85. The van der Waals surface area contributed by atoms with Gasteiger partial charge in [0, 0.05) is 37.1 Å². The summed E-state index contributed by atoms with van der Waals surface area (Å²) >= 11 is 0. The molecule has 0 unspecified atom stereocenters. The first-order valence-corrected chi connectivity index (χ1v) is 12.9. The van der Waals surface area contributed by atoms with Crippen molar-refractivity contribution in [1.82, 2.24) is 10.3 Å². The zero-order valence-electron chi connectivity index (χ0n) is 21.3. The summed E-state index contributed by atoms with van der Waals surface area (Å²) in [7, 11) is 3.31. The van der Waals surface area contributed by atoms with E-state index in [1.54, 1.807) is 14.2 Å². The Bertz CT molecular complexity index is 1010. The van der Waals surface area contributed by atoms with Gasteiger partial charge in [0.25, 0.3) is 0 Å². The summed E-state index contributed by atoms with van der Waals surface area (Å²) in [5.41, 5.74) is 1.16. The first kappa shape index (κ1) is 25.5. The zero-order valence-corrected chi connectivity index (χ0v) is 21.3. The SMILES string of the molecule is CCOC(=O)C1CCN(c2nc3c(OC)ccc(OC)c3cc2CNCC2(O)CCCCC2)CC1. The van der Waals surface area contributed by atoms with Crippen LogP contribution in [0.4, 0.5) is 5.82 Å². The third-order valence-electron chi connectivity index (χ3n) is 7.37. The number of hydrogen-bond donors (Lipinski definition) is 2. The smallest absolute Gasteiger partial charge is 0.309 e. The van der Waals surface area contributed by atoms with Gasteiger partial charge in [-0.05, 0) is 50.8 Å². The number of carbonyl (C=O) groups is 1. The molecule has 0 spiro atoms. The molecule has 1 aliphatic heterocycles.